The number of amides is 2. The molecule has 0 fully saturated rings. The highest BCUT2D eigenvalue weighted by Gasteiger charge is 2.13. The van der Waals surface area contributed by atoms with E-state index in [2.05, 4.69) is 15.6 Å². The van der Waals surface area contributed by atoms with Gasteiger partial charge < -0.3 is 16.4 Å². The summed E-state index contributed by atoms with van der Waals surface area (Å²) in [6, 6.07) is 3.54. The average Bonchev–Trinajstić information content (AvgIpc) is 2.28. The summed E-state index contributed by atoms with van der Waals surface area (Å²) in [5.41, 5.74) is 5.99. The van der Waals surface area contributed by atoms with Crippen LogP contribution < -0.4 is 16.4 Å². The van der Waals surface area contributed by atoms with E-state index in [0.717, 1.165) is 5.56 Å². The van der Waals surface area contributed by atoms with Crippen molar-refractivity contribution in [3.63, 3.8) is 0 Å². The van der Waals surface area contributed by atoms with Crippen molar-refractivity contribution in [2.75, 3.05) is 18.4 Å². The number of anilines is 1. The fraction of sp³-hybridized carbons (Fsp3) is 0.300. The first-order chi connectivity index (χ1) is 7.65. The van der Waals surface area contributed by atoms with Gasteiger partial charge in [-0.25, -0.2) is 4.98 Å². The Bertz CT molecular complexity index is 392. The lowest BCUT2D eigenvalue weighted by molar-refractivity contribution is -0.136. The van der Waals surface area contributed by atoms with Gasteiger partial charge in [0.2, 0.25) is 0 Å². The topological polar surface area (TPSA) is 97.1 Å². The van der Waals surface area contributed by atoms with E-state index in [9.17, 15) is 9.59 Å². The third kappa shape index (κ3) is 3.32. The Labute approximate surface area is 93.2 Å². The molecule has 0 saturated carbocycles. The van der Waals surface area contributed by atoms with Gasteiger partial charge in [0.25, 0.3) is 0 Å². The number of aryl methyl sites for hydroxylation is 1. The van der Waals surface area contributed by atoms with Gasteiger partial charge in [-0.1, -0.05) is 6.07 Å². The second-order valence-electron chi connectivity index (χ2n) is 3.17. The molecule has 2 amide bonds. The van der Waals surface area contributed by atoms with E-state index in [0.29, 0.717) is 12.4 Å². The number of aromatic nitrogens is 1. The fourth-order valence-corrected chi connectivity index (χ4v) is 1.05. The van der Waals surface area contributed by atoms with Crippen molar-refractivity contribution < 1.29 is 9.59 Å². The molecule has 0 bridgehead atoms. The van der Waals surface area contributed by atoms with Crippen LogP contribution in [0.25, 0.3) is 0 Å². The smallest absolute Gasteiger partial charge is 0.314 e. The molecule has 0 radical (unpaired) electrons. The maximum Gasteiger partial charge on any atom is 0.314 e. The Balaban J connectivity index is 2.58. The number of nitrogens with zero attached hydrogens (tertiary/aromatic N) is 1. The van der Waals surface area contributed by atoms with Gasteiger partial charge in [0.05, 0.1) is 0 Å². The molecule has 0 aromatic carbocycles. The van der Waals surface area contributed by atoms with Crippen LogP contribution in [0.5, 0.6) is 0 Å². The Kier molecular flexibility index (Phi) is 4.41. The van der Waals surface area contributed by atoms with Crippen LogP contribution in [0.1, 0.15) is 5.56 Å². The minimum absolute atomic E-state index is 0.271. The number of hydrogen-bond acceptors (Lipinski definition) is 4. The summed E-state index contributed by atoms with van der Waals surface area (Å²) in [7, 11) is 0. The molecule has 86 valence electrons. The SMILES string of the molecule is Cc1cccnc1NC(=O)C(=O)NCCN. The van der Waals surface area contributed by atoms with Crippen LogP contribution in [0.2, 0.25) is 0 Å². The molecule has 6 nitrogen and oxygen atoms in total. The molecule has 0 aliphatic carbocycles. The summed E-state index contributed by atoms with van der Waals surface area (Å²) < 4.78 is 0. The Morgan fingerprint density at radius 2 is 2.19 bits per heavy atom. The Hall–Kier alpha value is -1.95. The second-order valence-corrected chi connectivity index (χ2v) is 3.17. The third-order valence-corrected chi connectivity index (χ3v) is 1.88. The number of nitrogens with two attached hydrogens (primary N) is 1. The fourth-order valence-electron chi connectivity index (χ4n) is 1.05. The van der Waals surface area contributed by atoms with Gasteiger partial charge in [0.1, 0.15) is 5.82 Å². The molecule has 1 aromatic rings. The van der Waals surface area contributed by atoms with Gasteiger partial charge in [0, 0.05) is 19.3 Å². The summed E-state index contributed by atoms with van der Waals surface area (Å²) in [6.07, 6.45) is 1.54. The normalized spacial score (nSPS) is 9.62. The molecule has 0 aliphatic heterocycles. The standard InChI is InChI=1S/C10H14N4O2/c1-7-3-2-5-12-8(7)14-10(16)9(15)13-6-4-11/h2-3,5H,4,6,11H2,1H3,(H,13,15)(H,12,14,16). The molecular formula is C10H14N4O2. The van der Waals surface area contributed by atoms with Crippen LogP contribution in [0.3, 0.4) is 0 Å². The van der Waals surface area contributed by atoms with Crippen molar-refractivity contribution in [3.05, 3.63) is 23.9 Å². The third-order valence-electron chi connectivity index (χ3n) is 1.88. The van der Waals surface area contributed by atoms with Crippen molar-refractivity contribution in [1.82, 2.24) is 10.3 Å². The summed E-state index contributed by atoms with van der Waals surface area (Å²) >= 11 is 0. The molecule has 0 atom stereocenters. The lowest BCUT2D eigenvalue weighted by atomic mass is 10.3. The van der Waals surface area contributed by atoms with Gasteiger partial charge in [-0.15, -0.1) is 0 Å². The lowest BCUT2D eigenvalue weighted by Gasteiger charge is -2.06. The number of rotatable bonds is 3. The number of pyridine rings is 1. The molecule has 1 heterocycles. The minimum Gasteiger partial charge on any atom is -0.347 e. The van der Waals surface area contributed by atoms with E-state index in [1.54, 1.807) is 25.3 Å². The predicted octanol–water partition coefficient (Wildman–Crippen LogP) is -0.597. The van der Waals surface area contributed by atoms with E-state index in [-0.39, 0.29) is 6.54 Å². The molecule has 4 N–H and O–H groups in total. The van der Waals surface area contributed by atoms with Crippen LogP contribution in [-0.2, 0) is 9.59 Å². The van der Waals surface area contributed by atoms with Crippen molar-refractivity contribution in [2.24, 2.45) is 5.73 Å². The van der Waals surface area contributed by atoms with Crippen LogP contribution in [0, 0.1) is 6.92 Å². The monoisotopic (exact) mass is 222 g/mol. The van der Waals surface area contributed by atoms with Crippen molar-refractivity contribution >= 4 is 17.6 Å². The Morgan fingerprint density at radius 3 is 2.81 bits per heavy atom. The summed E-state index contributed by atoms with van der Waals surface area (Å²) in [5, 5.41) is 4.78. The highest BCUT2D eigenvalue weighted by molar-refractivity contribution is 6.39. The largest absolute Gasteiger partial charge is 0.347 e. The molecule has 0 spiro atoms. The van der Waals surface area contributed by atoms with Crippen molar-refractivity contribution in [1.29, 1.82) is 0 Å². The van der Waals surface area contributed by atoms with Crippen LogP contribution in [0.4, 0.5) is 5.82 Å². The summed E-state index contributed by atoms with van der Waals surface area (Å²) in [5.74, 6) is -1.07. The van der Waals surface area contributed by atoms with Crippen LogP contribution in [0.15, 0.2) is 18.3 Å². The van der Waals surface area contributed by atoms with Crippen LogP contribution in [-0.4, -0.2) is 29.9 Å². The highest BCUT2D eigenvalue weighted by atomic mass is 16.2. The highest BCUT2D eigenvalue weighted by Crippen LogP contribution is 2.08. The van der Waals surface area contributed by atoms with Gasteiger partial charge >= 0.3 is 11.8 Å². The van der Waals surface area contributed by atoms with Gasteiger partial charge in [-0.2, -0.15) is 0 Å². The molecule has 6 heteroatoms. The molecule has 0 aliphatic rings. The van der Waals surface area contributed by atoms with Crippen LogP contribution >= 0.6 is 0 Å². The molecule has 0 saturated heterocycles. The zero-order valence-corrected chi connectivity index (χ0v) is 8.99. The number of carbonyl (C=O) groups excluding carboxylic acids is 2. The van der Waals surface area contributed by atoms with E-state index < -0.39 is 11.8 Å². The maximum absolute atomic E-state index is 11.4. The van der Waals surface area contributed by atoms with E-state index in [4.69, 9.17) is 5.73 Å². The quantitative estimate of drug-likeness (QED) is 0.595. The van der Waals surface area contributed by atoms with Crippen molar-refractivity contribution in [2.45, 2.75) is 6.92 Å². The predicted molar refractivity (Wildman–Crippen MR) is 59.7 cm³/mol. The first kappa shape index (κ1) is 12.1. The summed E-state index contributed by atoms with van der Waals surface area (Å²) in [4.78, 5) is 26.5. The van der Waals surface area contributed by atoms with Gasteiger partial charge in [0.15, 0.2) is 0 Å². The number of hydrogen-bond donors (Lipinski definition) is 3. The Morgan fingerprint density at radius 1 is 1.44 bits per heavy atom. The lowest BCUT2D eigenvalue weighted by Crippen LogP contribution is -2.38. The number of carbonyl (C=O) groups is 2. The van der Waals surface area contributed by atoms with Crippen molar-refractivity contribution in [3.8, 4) is 0 Å². The molecule has 1 aromatic heterocycles. The zero-order valence-electron chi connectivity index (χ0n) is 8.99. The number of nitrogens with one attached hydrogen (secondary N) is 2. The molecule has 0 unspecified atom stereocenters. The molecular weight excluding hydrogens is 208 g/mol. The second kappa shape index (κ2) is 5.82. The summed E-state index contributed by atoms with van der Waals surface area (Å²) in [6.45, 7) is 2.36. The first-order valence-corrected chi connectivity index (χ1v) is 4.86. The first-order valence-electron chi connectivity index (χ1n) is 4.86. The van der Waals surface area contributed by atoms with E-state index in [1.807, 2.05) is 0 Å². The maximum atomic E-state index is 11.4. The zero-order chi connectivity index (χ0) is 12.0. The van der Waals surface area contributed by atoms with E-state index in [1.165, 1.54) is 0 Å². The van der Waals surface area contributed by atoms with E-state index >= 15 is 0 Å². The molecule has 1 rings (SSSR count). The minimum atomic E-state index is -0.741. The average molecular weight is 222 g/mol. The van der Waals surface area contributed by atoms with Gasteiger partial charge in [-0.3, -0.25) is 9.59 Å². The molecule has 16 heavy (non-hydrogen) atoms. The van der Waals surface area contributed by atoms with Gasteiger partial charge in [-0.05, 0) is 18.6 Å².